The first kappa shape index (κ1) is 32.9. The van der Waals surface area contributed by atoms with Crippen molar-refractivity contribution in [3.05, 3.63) is 80.1 Å². The fraction of sp³-hybridized carbons (Fsp3) is 0.472. The van der Waals surface area contributed by atoms with Crippen LogP contribution in [0.3, 0.4) is 0 Å². The van der Waals surface area contributed by atoms with Gasteiger partial charge in [-0.2, -0.15) is 0 Å². The zero-order valence-corrected chi connectivity index (χ0v) is 28.5. The molecule has 1 heterocycles. The molecule has 1 N–H and O–H groups in total. The highest BCUT2D eigenvalue weighted by molar-refractivity contribution is 9.10. The van der Waals surface area contributed by atoms with Crippen molar-refractivity contribution in [1.29, 1.82) is 0 Å². The van der Waals surface area contributed by atoms with Crippen LogP contribution in [0.4, 0.5) is 0 Å². The predicted octanol–water partition coefficient (Wildman–Crippen LogP) is 7.46. The first-order valence-electron chi connectivity index (χ1n) is 15.4. The van der Waals surface area contributed by atoms with Crippen molar-refractivity contribution >= 4 is 33.5 Å². The fourth-order valence-electron chi connectivity index (χ4n) is 6.96. The van der Waals surface area contributed by atoms with Gasteiger partial charge in [0.05, 0.1) is 17.1 Å². The molecular formula is C36H42BrNO7. The highest BCUT2D eigenvalue weighted by Gasteiger charge is 2.49. The summed E-state index contributed by atoms with van der Waals surface area (Å²) in [6.45, 7) is 10.0. The number of methoxy groups -OCH3 is 2. The molecule has 0 aromatic heterocycles. The Labute approximate surface area is 273 Å². The number of carboxylic acids is 1. The molecular weight excluding hydrogens is 638 g/mol. The summed E-state index contributed by atoms with van der Waals surface area (Å²) < 4.78 is 18.0. The van der Waals surface area contributed by atoms with Crippen molar-refractivity contribution in [3.63, 3.8) is 0 Å². The number of carbonyl (C=O) groups excluding carboxylic acids is 2. The molecule has 240 valence electrons. The van der Waals surface area contributed by atoms with Gasteiger partial charge in [-0.25, -0.2) is 4.79 Å². The minimum absolute atomic E-state index is 0.0763. The number of halogens is 1. The normalized spacial score (nSPS) is 19.4. The maximum atomic E-state index is 14.1. The lowest BCUT2D eigenvalue weighted by Gasteiger charge is -2.49. The summed E-state index contributed by atoms with van der Waals surface area (Å²) in [6, 6.07) is 10.3. The van der Waals surface area contributed by atoms with Gasteiger partial charge in [-0.3, -0.25) is 9.59 Å². The van der Waals surface area contributed by atoms with Gasteiger partial charge in [0.15, 0.2) is 23.1 Å². The summed E-state index contributed by atoms with van der Waals surface area (Å²) in [5.74, 6) is -0.389. The zero-order chi connectivity index (χ0) is 32.7. The van der Waals surface area contributed by atoms with Gasteiger partial charge in [0, 0.05) is 61.6 Å². The number of carbonyl (C=O) groups is 3. The average Bonchev–Trinajstić information content (AvgIpc) is 2.95. The Morgan fingerprint density at radius 2 is 1.51 bits per heavy atom. The molecule has 3 aliphatic rings. The summed E-state index contributed by atoms with van der Waals surface area (Å²) in [7, 11) is 3.26. The van der Waals surface area contributed by atoms with E-state index in [2.05, 4.69) is 48.5 Å². The van der Waals surface area contributed by atoms with E-state index in [9.17, 15) is 19.5 Å². The Hall–Kier alpha value is -3.43. The molecule has 0 unspecified atom stereocenters. The lowest BCUT2D eigenvalue weighted by Crippen LogP contribution is -2.44. The molecule has 0 fully saturated rings. The highest BCUT2D eigenvalue weighted by Crippen LogP contribution is 2.55. The van der Waals surface area contributed by atoms with E-state index in [-0.39, 0.29) is 34.6 Å². The van der Waals surface area contributed by atoms with E-state index < -0.39 is 11.9 Å². The lowest BCUT2D eigenvalue weighted by atomic mass is 9.63. The minimum Gasteiger partial charge on any atom is -0.493 e. The molecule has 0 atom stereocenters. The van der Waals surface area contributed by atoms with Gasteiger partial charge >= 0.3 is 5.97 Å². The summed E-state index contributed by atoms with van der Waals surface area (Å²) in [5, 5.41) is 9.20. The Balaban J connectivity index is 1.60. The zero-order valence-electron chi connectivity index (χ0n) is 26.9. The number of allylic oxidation sites excluding steroid dienone is 4. The molecule has 0 radical (unpaired) electrons. The van der Waals surface area contributed by atoms with E-state index in [0.717, 1.165) is 41.8 Å². The van der Waals surface area contributed by atoms with Crippen LogP contribution in [-0.4, -0.2) is 54.9 Å². The molecule has 9 heteroatoms. The first-order valence-corrected chi connectivity index (χ1v) is 16.2. The molecule has 0 bridgehead atoms. The molecule has 2 aromatic rings. The number of hydrogen-bond donors (Lipinski definition) is 1. The van der Waals surface area contributed by atoms with E-state index >= 15 is 0 Å². The maximum Gasteiger partial charge on any atom is 0.335 e. The van der Waals surface area contributed by atoms with Gasteiger partial charge in [0.25, 0.3) is 0 Å². The third-order valence-electron chi connectivity index (χ3n) is 8.92. The van der Waals surface area contributed by atoms with Gasteiger partial charge in [-0.05, 0) is 81.4 Å². The fourth-order valence-corrected chi connectivity index (χ4v) is 7.54. The minimum atomic E-state index is -0.986. The van der Waals surface area contributed by atoms with Gasteiger partial charge < -0.3 is 24.2 Å². The van der Waals surface area contributed by atoms with Crippen LogP contribution in [0.25, 0.3) is 0 Å². The second-order valence-electron chi connectivity index (χ2n) is 13.9. The Morgan fingerprint density at radius 1 is 0.933 bits per heavy atom. The number of nitrogens with zero attached hydrogens (tertiary/aromatic N) is 1. The topological polar surface area (TPSA) is 102 Å². The van der Waals surface area contributed by atoms with Gasteiger partial charge in [0.2, 0.25) is 0 Å². The van der Waals surface area contributed by atoms with Crippen LogP contribution >= 0.6 is 15.9 Å². The first-order chi connectivity index (χ1) is 21.2. The molecule has 0 spiro atoms. The van der Waals surface area contributed by atoms with Crippen LogP contribution in [0.2, 0.25) is 0 Å². The van der Waals surface area contributed by atoms with Crippen molar-refractivity contribution in [2.75, 3.05) is 27.4 Å². The third kappa shape index (κ3) is 6.75. The predicted molar refractivity (Wildman–Crippen MR) is 174 cm³/mol. The van der Waals surface area contributed by atoms with Crippen LogP contribution in [0.5, 0.6) is 11.5 Å². The molecule has 1 aliphatic heterocycles. The molecule has 2 aromatic carbocycles. The van der Waals surface area contributed by atoms with Crippen LogP contribution < -0.4 is 9.47 Å². The lowest BCUT2D eigenvalue weighted by molar-refractivity contribution is -0.119. The number of ether oxygens (including phenoxy) is 3. The van der Waals surface area contributed by atoms with Gasteiger partial charge in [0.1, 0.15) is 6.61 Å². The number of carboxylic acid groups (broad SMARTS) is 1. The molecule has 0 saturated heterocycles. The molecule has 0 amide bonds. The van der Waals surface area contributed by atoms with E-state index in [4.69, 9.17) is 14.2 Å². The highest BCUT2D eigenvalue weighted by atomic mass is 79.9. The molecule has 5 rings (SSSR count). The summed E-state index contributed by atoms with van der Waals surface area (Å²) in [6.07, 6.45) is 3.09. The quantitative estimate of drug-likeness (QED) is 0.258. The smallest absolute Gasteiger partial charge is 0.335 e. The number of benzene rings is 2. The van der Waals surface area contributed by atoms with Gasteiger partial charge in [-0.1, -0.05) is 39.8 Å². The molecule has 45 heavy (non-hydrogen) atoms. The number of Topliss-reactive ketones (excluding diaryl/α,β-unsaturated/α-hetero) is 2. The number of rotatable bonds is 10. The van der Waals surface area contributed by atoms with Crippen molar-refractivity contribution in [3.8, 4) is 11.5 Å². The standard InChI is InChI=1S/C36H42BrNO7/c1-35(2)16-25-31(27(39)18-35)30(32-26(38(25)12-7-13-43-5)17-36(3,4)19-28(32)40)23-14-24(37)33(29(15-23)44-6)45-20-21-8-10-22(11-9-21)34(41)42/h8-11,14-15,30H,7,12-13,16-20H2,1-6H3,(H,41,42). The van der Waals surface area contributed by atoms with E-state index in [1.54, 1.807) is 38.5 Å². The van der Waals surface area contributed by atoms with E-state index in [0.29, 0.717) is 53.1 Å². The number of ketones is 2. The average molecular weight is 681 g/mol. The van der Waals surface area contributed by atoms with Crippen LogP contribution in [0, 0.1) is 10.8 Å². The van der Waals surface area contributed by atoms with E-state index in [1.807, 2.05) is 12.1 Å². The van der Waals surface area contributed by atoms with Crippen molar-refractivity contribution < 1.29 is 33.7 Å². The van der Waals surface area contributed by atoms with Gasteiger partial charge in [-0.15, -0.1) is 0 Å². The molecule has 8 nitrogen and oxygen atoms in total. The van der Waals surface area contributed by atoms with Crippen LogP contribution in [0.1, 0.15) is 87.2 Å². The number of hydrogen-bond acceptors (Lipinski definition) is 7. The SMILES string of the molecule is COCCCN1C2=C(C(=O)CC(C)(C)C2)C(c2cc(Br)c(OCc3ccc(C(=O)O)cc3)c(OC)c2)C2=C1CC(C)(C)CC2=O. The number of aromatic carboxylic acids is 1. The Bertz CT molecular complexity index is 1530. The summed E-state index contributed by atoms with van der Waals surface area (Å²) >= 11 is 3.70. The monoisotopic (exact) mass is 679 g/mol. The molecule has 0 saturated carbocycles. The molecule has 2 aliphatic carbocycles. The summed E-state index contributed by atoms with van der Waals surface area (Å²) in [5.41, 5.74) is 4.84. The van der Waals surface area contributed by atoms with Crippen molar-refractivity contribution in [1.82, 2.24) is 4.90 Å². The van der Waals surface area contributed by atoms with Crippen molar-refractivity contribution in [2.24, 2.45) is 10.8 Å². The third-order valence-corrected chi connectivity index (χ3v) is 9.51. The van der Waals surface area contributed by atoms with Crippen molar-refractivity contribution in [2.45, 2.75) is 72.3 Å². The largest absolute Gasteiger partial charge is 0.493 e. The van der Waals surface area contributed by atoms with Crippen LogP contribution in [0.15, 0.2) is 63.4 Å². The Kier molecular flexibility index (Phi) is 9.34. The van der Waals surface area contributed by atoms with E-state index in [1.165, 1.54) is 0 Å². The summed E-state index contributed by atoms with van der Waals surface area (Å²) in [4.78, 5) is 41.7. The second kappa shape index (κ2) is 12.8. The Morgan fingerprint density at radius 3 is 2.02 bits per heavy atom. The maximum absolute atomic E-state index is 14.1. The second-order valence-corrected chi connectivity index (χ2v) is 14.7. The van der Waals surface area contributed by atoms with Crippen LogP contribution in [-0.2, 0) is 20.9 Å².